The smallest absolute Gasteiger partial charge is 0.245 e. The lowest BCUT2D eigenvalue weighted by atomic mass is 9.98. The Hall–Kier alpha value is -1.85. The van der Waals surface area contributed by atoms with Gasteiger partial charge in [-0.05, 0) is 20.8 Å². The second-order valence-corrected chi connectivity index (χ2v) is 5.03. The number of amides is 1. The Morgan fingerprint density at radius 1 is 1.44 bits per heavy atom. The molecule has 1 aromatic heterocycles. The van der Waals surface area contributed by atoms with Crippen molar-refractivity contribution in [1.82, 2.24) is 15.1 Å². The fourth-order valence-corrected chi connectivity index (χ4v) is 2.39. The monoisotopic (exact) mass is 250 g/mol. The van der Waals surface area contributed by atoms with Crippen molar-refractivity contribution < 1.29 is 9.59 Å². The first-order valence-corrected chi connectivity index (χ1v) is 5.94. The average Bonchev–Trinajstić information content (AvgIpc) is 2.57. The predicted molar refractivity (Wildman–Crippen MR) is 67.8 cm³/mol. The molecule has 1 aromatic rings. The number of hydrogen-bond donors (Lipinski definition) is 1. The third kappa shape index (κ3) is 1.68. The Morgan fingerprint density at radius 2 is 2.11 bits per heavy atom. The van der Waals surface area contributed by atoms with Gasteiger partial charge in [0.05, 0.1) is 11.3 Å². The van der Waals surface area contributed by atoms with E-state index < -0.39 is 5.54 Å². The molecule has 98 valence electrons. The van der Waals surface area contributed by atoms with Crippen LogP contribution in [0.15, 0.2) is 0 Å². The molecule has 2 heterocycles. The highest BCUT2D eigenvalue weighted by Crippen LogP contribution is 2.29. The van der Waals surface area contributed by atoms with Crippen LogP contribution in [0.5, 0.6) is 0 Å². The van der Waals surface area contributed by atoms with Crippen molar-refractivity contribution in [3.8, 4) is 0 Å². The SMILES string of the molecule is Cc1nn(C)c(N2CCNC(=O)C2(C)C)c1C=O. The first-order chi connectivity index (χ1) is 8.39. The summed E-state index contributed by atoms with van der Waals surface area (Å²) in [5.74, 6) is 0.673. The molecule has 18 heavy (non-hydrogen) atoms. The van der Waals surface area contributed by atoms with E-state index in [1.807, 2.05) is 18.7 Å². The van der Waals surface area contributed by atoms with E-state index >= 15 is 0 Å². The van der Waals surface area contributed by atoms with Gasteiger partial charge in [0.15, 0.2) is 6.29 Å². The van der Waals surface area contributed by atoms with Crippen molar-refractivity contribution in [3.63, 3.8) is 0 Å². The molecule has 1 aliphatic rings. The molecule has 2 rings (SSSR count). The first-order valence-electron chi connectivity index (χ1n) is 5.94. The summed E-state index contributed by atoms with van der Waals surface area (Å²) in [5, 5.41) is 7.10. The van der Waals surface area contributed by atoms with Crippen LogP contribution in [0.2, 0.25) is 0 Å². The van der Waals surface area contributed by atoms with Gasteiger partial charge in [-0.25, -0.2) is 0 Å². The second kappa shape index (κ2) is 4.12. The Kier molecular flexibility index (Phi) is 2.88. The van der Waals surface area contributed by atoms with Gasteiger partial charge in [0.1, 0.15) is 11.4 Å². The van der Waals surface area contributed by atoms with Gasteiger partial charge in [-0.2, -0.15) is 5.10 Å². The van der Waals surface area contributed by atoms with Crippen molar-refractivity contribution in [1.29, 1.82) is 0 Å². The van der Waals surface area contributed by atoms with Gasteiger partial charge >= 0.3 is 0 Å². The van der Waals surface area contributed by atoms with Crippen molar-refractivity contribution >= 4 is 18.0 Å². The number of nitrogens with one attached hydrogen (secondary N) is 1. The summed E-state index contributed by atoms with van der Waals surface area (Å²) >= 11 is 0. The molecule has 0 atom stereocenters. The van der Waals surface area contributed by atoms with E-state index in [0.717, 1.165) is 6.29 Å². The van der Waals surface area contributed by atoms with Crippen LogP contribution >= 0.6 is 0 Å². The molecule has 0 aromatic carbocycles. The van der Waals surface area contributed by atoms with Gasteiger partial charge < -0.3 is 10.2 Å². The molecule has 1 aliphatic heterocycles. The van der Waals surface area contributed by atoms with Gasteiger partial charge in [0, 0.05) is 20.1 Å². The largest absolute Gasteiger partial charge is 0.352 e. The number of piperazine rings is 1. The van der Waals surface area contributed by atoms with Gasteiger partial charge in [0.25, 0.3) is 0 Å². The highest BCUT2D eigenvalue weighted by molar-refractivity contribution is 5.93. The van der Waals surface area contributed by atoms with Crippen molar-refractivity contribution in [2.45, 2.75) is 26.3 Å². The van der Waals surface area contributed by atoms with E-state index in [9.17, 15) is 9.59 Å². The lowest BCUT2D eigenvalue weighted by molar-refractivity contribution is -0.126. The van der Waals surface area contributed by atoms with Crippen LogP contribution in [0, 0.1) is 6.92 Å². The molecule has 0 radical (unpaired) electrons. The molecule has 1 saturated heterocycles. The zero-order valence-electron chi connectivity index (χ0n) is 11.1. The molecule has 6 nitrogen and oxygen atoms in total. The summed E-state index contributed by atoms with van der Waals surface area (Å²) in [7, 11) is 1.79. The minimum absolute atomic E-state index is 0.0375. The molecule has 1 fully saturated rings. The zero-order chi connectivity index (χ0) is 13.5. The minimum atomic E-state index is -0.684. The maximum absolute atomic E-state index is 11.9. The van der Waals surface area contributed by atoms with Gasteiger partial charge in [-0.15, -0.1) is 0 Å². The summed E-state index contributed by atoms with van der Waals surface area (Å²) in [6, 6.07) is 0. The topological polar surface area (TPSA) is 67.2 Å². The van der Waals surface area contributed by atoms with Crippen LogP contribution in [-0.4, -0.2) is 40.6 Å². The van der Waals surface area contributed by atoms with Crippen LogP contribution in [0.3, 0.4) is 0 Å². The number of aryl methyl sites for hydroxylation is 2. The fraction of sp³-hybridized carbons (Fsp3) is 0.583. The lowest BCUT2D eigenvalue weighted by Gasteiger charge is -2.42. The van der Waals surface area contributed by atoms with E-state index in [2.05, 4.69) is 10.4 Å². The molecule has 0 aliphatic carbocycles. The molecule has 1 N–H and O–H groups in total. The van der Waals surface area contributed by atoms with E-state index in [0.29, 0.717) is 30.2 Å². The molecule has 0 unspecified atom stereocenters. The Bertz CT molecular complexity index is 504. The molecular formula is C12H18N4O2. The van der Waals surface area contributed by atoms with Crippen LogP contribution in [0.4, 0.5) is 5.82 Å². The Morgan fingerprint density at radius 3 is 2.72 bits per heavy atom. The number of anilines is 1. The molecule has 6 heteroatoms. The third-order valence-electron chi connectivity index (χ3n) is 3.46. The van der Waals surface area contributed by atoms with Crippen LogP contribution in [-0.2, 0) is 11.8 Å². The predicted octanol–water partition coefficient (Wildman–Crippen LogP) is 0.256. The number of aromatic nitrogens is 2. The highest BCUT2D eigenvalue weighted by atomic mass is 16.2. The Labute approximate surface area is 106 Å². The lowest BCUT2D eigenvalue weighted by Crippen LogP contribution is -2.62. The van der Waals surface area contributed by atoms with Gasteiger partial charge in [0.2, 0.25) is 5.91 Å². The fourth-order valence-electron chi connectivity index (χ4n) is 2.39. The van der Waals surface area contributed by atoms with Crippen LogP contribution in [0.25, 0.3) is 0 Å². The minimum Gasteiger partial charge on any atom is -0.352 e. The zero-order valence-corrected chi connectivity index (χ0v) is 11.1. The van der Waals surface area contributed by atoms with E-state index in [1.165, 1.54) is 0 Å². The summed E-state index contributed by atoms with van der Waals surface area (Å²) in [4.78, 5) is 25.1. The number of carbonyl (C=O) groups is 2. The summed E-state index contributed by atoms with van der Waals surface area (Å²) in [5.41, 5.74) is 0.556. The van der Waals surface area contributed by atoms with Crippen LogP contribution < -0.4 is 10.2 Å². The van der Waals surface area contributed by atoms with Gasteiger partial charge in [-0.3, -0.25) is 14.3 Å². The first kappa shape index (κ1) is 12.6. The summed E-state index contributed by atoms with van der Waals surface area (Å²) < 4.78 is 1.67. The van der Waals surface area contributed by atoms with Crippen molar-refractivity contribution in [2.75, 3.05) is 18.0 Å². The highest BCUT2D eigenvalue weighted by Gasteiger charge is 2.40. The number of rotatable bonds is 2. The average molecular weight is 250 g/mol. The summed E-state index contributed by atoms with van der Waals surface area (Å²) in [6.07, 6.45) is 0.806. The molecule has 0 bridgehead atoms. The van der Waals surface area contributed by atoms with E-state index in [-0.39, 0.29) is 5.91 Å². The molecule has 1 amide bonds. The maximum atomic E-state index is 11.9. The second-order valence-electron chi connectivity index (χ2n) is 5.03. The van der Waals surface area contributed by atoms with Crippen molar-refractivity contribution in [3.05, 3.63) is 11.3 Å². The number of nitrogens with zero attached hydrogens (tertiary/aromatic N) is 3. The molecular weight excluding hydrogens is 232 g/mol. The normalized spacial score (nSPS) is 18.7. The van der Waals surface area contributed by atoms with E-state index in [4.69, 9.17) is 0 Å². The molecule has 0 spiro atoms. The van der Waals surface area contributed by atoms with E-state index in [1.54, 1.807) is 18.7 Å². The third-order valence-corrected chi connectivity index (χ3v) is 3.46. The van der Waals surface area contributed by atoms with Gasteiger partial charge in [-0.1, -0.05) is 0 Å². The number of hydrogen-bond acceptors (Lipinski definition) is 4. The standard InChI is InChI=1S/C12H18N4O2/c1-8-9(7-17)10(15(4)14-8)16-6-5-13-11(18)12(16,2)3/h7H,5-6H2,1-4H3,(H,13,18). The summed E-state index contributed by atoms with van der Waals surface area (Å²) in [6.45, 7) is 6.73. The number of aldehydes is 1. The molecule has 0 saturated carbocycles. The number of carbonyl (C=O) groups excluding carboxylic acids is 2. The van der Waals surface area contributed by atoms with Crippen molar-refractivity contribution in [2.24, 2.45) is 7.05 Å². The quantitative estimate of drug-likeness (QED) is 0.764. The maximum Gasteiger partial charge on any atom is 0.245 e. The Balaban J connectivity index is 2.54. The van der Waals surface area contributed by atoms with Crippen LogP contribution in [0.1, 0.15) is 29.9 Å².